The molecule has 2 unspecified atom stereocenters. The zero-order valence-electron chi connectivity index (χ0n) is 13.7. The normalized spacial score (nSPS) is 15.6. The minimum atomic E-state index is -2.41. The molecule has 1 nitrogen and oxygen atoms in total. The van der Waals surface area contributed by atoms with E-state index in [-0.39, 0.29) is 11.6 Å². The molecule has 0 amide bonds. The van der Waals surface area contributed by atoms with Gasteiger partial charge in [0.1, 0.15) is 0 Å². The average Bonchev–Trinajstić information content (AvgIpc) is 2.47. The zero-order valence-corrected chi connectivity index (χ0v) is 13.7. The number of rotatable bonds is 7. The van der Waals surface area contributed by atoms with Crippen LogP contribution in [0.1, 0.15) is 57.7 Å². The number of allylic oxidation sites excluding steroid dienone is 1. The summed E-state index contributed by atoms with van der Waals surface area (Å²) >= 11 is 0. The Bertz CT molecular complexity index is 449. The second kappa shape index (κ2) is 8.28. The van der Waals surface area contributed by atoms with Crippen LogP contribution in [0.4, 0.5) is 8.78 Å². The Morgan fingerprint density at radius 3 is 2.00 bits per heavy atom. The van der Waals surface area contributed by atoms with Crippen LogP contribution in [0.5, 0.6) is 0 Å². The summed E-state index contributed by atoms with van der Waals surface area (Å²) < 4.78 is 25.3. The van der Waals surface area contributed by atoms with Gasteiger partial charge >= 0.3 is 0 Å². The molecule has 0 aromatic heterocycles. The number of halogens is 2. The van der Waals surface area contributed by atoms with Crippen molar-refractivity contribution in [2.24, 2.45) is 11.8 Å². The van der Waals surface area contributed by atoms with E-state index in [0.717, 1.165) is 12.0 Å². The average molecular weight is 295 g/mol. The summed E-state index contributed by atoms with van der Waals surface area (Å²) in [6, 6.07) is 6.72. The van der Waals surface area contributed by atoms with Gasteiger partial charge in [0.05, 0.1) is 6.04 Å². The highest BCUT2D eigenvalue weighted by molar-refractivity contribution is 5.32. The molecule has 21 heavy (non-hydrogen) atoms. The van der Waals surface area contributed by atoms with Crippen LogP contribution in [-0.2, 0) is 0 Å². The van der Waals surface area contributed by atoms with Crippen LogP contribution >= 0.6 is 0 Å². The highest BCUT2D eigenvalue weighted by Gasteiger charge is 2.19. The molecule has 0 aliphatic carbocycles. The highest BCUT2D eigenvalue weighted by Crippen LogP contribution is 2.30. The van der Waals surface area contributed by atoms with Crippen LogP contribution in [0, 0.1) is 11.8 Å². The van der Waals surface area contributed by atoms with Crippen molar-refractivity contribution in [3.8, 4) is 0 Å². The van der Waals surface area contributed by atoms with E-state index in [4.69, 9.17) is 0 Å². The SMILES string of the molecule is CCC(C)/C=C(/C(C)C)C(NC)c1ccc(C(F)F)cc1. The second-order valence-corrected chi connectivity index (χ2v) is 5.90. The largest absolute Gasteiger partial charge is 0.310 e. The number of hydrogen-bond acceptors (Lipinski definition) is 1. The predicted molar refractivity (Wildman–Crippen MR) is 85.6 cm³/mol. The molecular weight excluding hydrogens is 268 g/mol. The molecule has 118 valence electrons. The summed E-state index contributed by atoms with van der Waals surface area (Å²) in [6.07, 6.45) is 0.997. The molecular formula is C18H27F2N. The van der Waals surface area contributed by atoms with Gasteiger partial charge in [0.2, 0.25) is 0 Å². The Morgan fingerprint density at radius 2 is 1.62 bits per heavy atom. The van der Waals surface area contributed by atoms with E-state index in [1.165, 1.54) is 17.7 Å². The summed E-state index contributed by atoms with van der Waals surface area (Å²) in [5.41, 5.74) is 2.42. The van der Waals surface area contributed by atoms with E-state index in [1.807, 2.05) is 7.05 Å². The lowest BCUT2D eigenvalue weighted by Crippen LogP contribution is -2.22. The molecule has 0 saturated carbocycles. The molecule has 1 N–H and O–H groups in total. The molecule has 1 aromatic rings. The van der Waals surface area contributed by atoms with Crippen LogP contribution in [0.2, 0.25) is 0 Å². The first-order valence-corrected chi connectivity index (χ1v) is 7.67. The maximum absolute atomic E-state index is 12.7. The lowest BCUT2D eigenvalue weighted by molar-refractivity contribution is 0.151. The lowest BCUT2D eigenvalue weighted by atomic mass is 9.87. The topological polar surface area (TPSA) is 12.0 Å². The van der Waals surface area contributed by atoms with Crippen LogP contribution in [-0.4, -0.2) is 7.05 Å². The highest BCUT2D eigenvalue weighted by atomic mass is 19.3. The molecule has 0 spiro atoms. The van der Waals surface area contributed by atoms with Gasteiger partial charge in [-0.2, -0.15) is 0 Å². The predicted octanol–water partition coefficient (Wildman–Crippen LogP) is 5.51. The fraction of sp³-hybridized carbons (Fsp3) is 0.556. The van der Waals surface area contributed by atoms with E-state index in [1.54, 1.807) is 12.1 Å². The first kappa shape index (κ1) is 17.8. The van der Waals surface area contributed by atoms with Crippen molar-refractivity contribution >= 4 is 0 Å². The summed E-state index contributed by atoms with van der Waals surface area (Å²) in [5.74, 6) is 0.921. The van der Waals surface area contributed by atoms with Gasteiger partial charge in [-0.15, -0.1) is 0 Å². The molecule has 1 rings (SSSR count). The first-order valence-electron chi connectivity index (χ1n) is 7.67. The van der Waals surface area contributed by atoms with Crippen molar-refractivity contribution in [2.75, 3.05) is 7.05 Å². The maximum Gasteiger partial charge on any atom is 0.263 e. The number of likely N-dealkylation sites (N-methyl/N-ethyl adjacent to an activating group) is 1. The third kappa shape index (κ3) is 4.92. The standard InChI is InChI=1S/C18H27F2N/c1-6-13(4)11-16(12(2)3)17(21-5)14-7-9-15(10-8-14)18(19)20/h7-13,17-18,21H,6H2,1-5H3/b16-11-. The number of hydrogen-bond donors (Lipinski definition) is 1. The Labute approximate surface area is 127 Å². The van der Waals surface area contributed by atoms with Gasteiger partial charge in [-0.05, 0) is 24.4 Å². The van der Waals surface area contributed by atoms with E-state index >= 15 is 0 Å². The molecule has 1 aromatic carbocycles. The van der Waals surface area contributed by atoms with Crippen LogP contribution < -0.4 is 5.32 Å². The molecule has 0 aliphatic heterocycles. The minimum absolute atomic E-state index is 0.0746. The second-order valence-electron chi connectivity index (χ2n) is 5.90. The number of alkyl halides is 2. The maximum atomic E-state index is 12.7. The molecule has 2 atom stereocenters. The van der Waals surface area contributed by atoms with Gasteiger partial charge in [-0.25, -0.2) is 8.78 Å². The molecule has 0 saturated heterocycles. The minimum Gasteiger partial charge on any atom is -0.310 e. The van der Waals surface area contributed by atoms with Gasteiger partial charge in [0.25, 0.3) is 6.43 Å². The molecule has 3 heteroatoms. The number of benzene rings is 1. The van der Waals surface area contributed by atoms with Crippen LogP contribution in [0.3, 0.4) is 0 Å². The fourth-order valence-electron chi connectivity index (χ4n) is 2.43. The van der Waals surface area contributed by atoms with Crippen molar-refractivity contribution in [2.45, 2.75) is 46.6 Å². The summed E-state index contributed by atoms with van der Waals surface area (Å²) in [5, 5.41) is 3.32. The molecule has 0 fully saturated rings. The van der Waals surface area contributed by atoms with E-state index < -0.39 is 6.43 Å². The van der Waals surface area contributed by atoms with Gasteiger partial charge in [-0.1, -0.05) is 70.0 Å². The zero-order chi connectivity index (χ0) is 16.0. The van der Waals surface area contributed by atoms with E-state index in [0.29, 0.717) is 11.8 Å². The Kier molecular flexibility index (Phi) is 7.03. The van der Waals surface area contributed by atoms with Gasteiger partial charge in [0.15, 0.2) is 0 Å². The quantitative estimate of drug-likeness (QED) is 0.654. The van der Waals surface area contributed by atoms with Crippen molar-refractivity contribution in [1.82, 2.24) is 5.32 Å². The number of nitrogens with one attached hydrogen (secondary N) is 1. The van der Waals surface area contributed by atoms with Gasteiger partial charge in [0, 0.05) is 5.56 Å². The summed E-state index contributed by atoms with van der Waals surface area (Å²) in [4.78, 5) is 0. The summed E-state index contributed by atoms with van der Waals surface area (Å²) in [6.45, 7) is 8.72. The smallest absolute Gasteiger partial charge is 0.263 e. The van der Waals surface area contributed by atoms with Gasteiger partial charge in [-0.3, -0.25) is 0 Å². The van der Waals surface area contributed by atoms with Crippen LogP contribution in [0.25, 0.3) is 0 Å². The van der Waals surface area contributed by atoms with Crippen molar-refractivity contribution < 1.29 is 8.78 Å². The Morgan fingerprint density at radius 1 is 1.10 bits per heavy atom. The van der Waals surface area contributed by atoms with Crippen LogP contribution in [0.15, 0.2) is 35.9 Å². The van der Waals surface area contributed by atoms with E-state index in [2.05, 4.69) is 39.1 Å². The van der Waals surface area contributed by atoms with Crippen molar-refractivity contribution in [3.63, 3.8) is 0 Å². The third-order valence-electron chi connectivity index (χ3n) is 3.93. The Hall–Kier alpha value is -1.22. The fourth-order valence-corrected chi connectivity index (χ4v) is 2.43. The van der Waals surface area contributed by atoms with Crippen molar-refractivity contribution in [1.29, 1.82) is 0 Å². The molecule has 0 bridgehead atoms. The van der Waals surface area contributed by atoms with E-state index in [9.17, 15) is 8.78 Å². The lowest BCUT2D eigenvalue weighted by Gasteiger charge is -2.25. The molecule has 0 aliphatic rings. The monoisotopic (exact) mass is 295 g/mol. The third-order valence-corrected chi connectivity index (χ3v) is 3.93. The summed E-state index contributed by atoms with van der Waals surface area (Å²) in [7, 11) is 1.92. The van der Waals surface area contributed by atoms with Crippen molar-refractivity contribution in [3.05, 3.63) is 47.0 Å². The molecule has 0 heterocycles. The first-order chi connectivity index (χ1) is 9.90. The molecule has 0 radical (unpaired) electrons. The van der Waals surface area contributed by atoms with Gasteiger partial charge < -0.3 is 5.32 Å². The Balaban J connectivity index is 3.11.